The lowest BCUT2D eigenvalue weighted by Crippen LogP contribution is -2.18. The molecule has 2 aromatic heterocycles. The number of hydrogen-bond donors (Lipinski definition) is 1. The van der Waals surface area contributed by atoms with E-state index < -0.39 is 0 Å². The van der Waals surface area contributed by atoms with Crippen molar-refractivity contribution in [1.29, 1.82) is 0 Å². The molecule has 0 spiro atoms. The van der Waals surface area contributed by atoms with E-state index in [-0.39, 0.29) is 12.3 Å². The molecule has 118 valence electrons. The molecule has 0 saturated carbocycles. The Morgan fingerprint density at radius 2 is 1.88 bits per heavy atom. The van der Waals surface area contributed by atoms with Gasteiger partial charge in [-0.1, -0.05) is 35.5 Å². The molecule has 2 heterocycles. The topological polar surface area (TPSA) is 85.8 Å². The second-order valence-electron chi connectivity index (χ2n) is 5.18. The normalized spacial score (nSPS) is 10.8. The maximum Gasteiger partial charge on any atom is 0.232 e. The molecule has 0 radical (unpaired) electrons. The summed E-state index contributed by atoms with van der Waals surface area (Å²) >= 11 is 0. The van der Waals surface area contributed by atoms with Gasteiger partial charge in [-0.15, -0.1) is 0 Å². The fourth-order valence-corrected chi connectivity index (χ4v) is 2.47. The Balaban J connectivity index is 1.54. The van der Waals surface area contributed by atoms with E-state index in [4.69, 9.17) is 4.52 Å². The number of nitrogens with one attached hydrogen (secondary N) is 1. The summed E-state index contributed by atoms with van der Waals surface area (Å²) in [5.74, 6) is 0.123. The van der Waals surface area contributed by atoms with E-state index in [2.05, 4.69) is 20.6 Å². The molecule has 1 amide bonds. The molecule has 0 saturated heterocycles. The number of amides is 1. The van der Waals surface area contributed by atoms with Crippen molar-refractivity contribution >= 4 is 22.8 Å². The number of carbonyl (C=O) groups excluding carboxylic acids is 1. The minimum Gasteiger partial charge on any atom is -0.356 e. The highest BCUT2D eigenvalue weighted by Crippen LogP contribution is 2.18. The van der Waals surface area contributed by atoms with Crippen molar-refractivity contribution in [2.75, 3.05) is 5.32 Å². The van der Waals surface area contributed by atoms with Crippen LogP contribution in [-0.2, 0) is 11.2 Å². The maximum absolute atomic E-state index is 12.3. The van der Waals surface area contributed by atoms with Crippen molar-refractivity contribution in [3.8, 4) is 5.69 Å². The zero-order chi connectivity index (χ0) is 16.4. The average molecular weight is 319 g/mol. The number of anilines is 1. The highest BCUT2D eigenvalue weighted by Gasteiger charge is 2.15. The van der Waals surface area contributed by atoms with Gasteiger partial charge in [0.2, 0.25) is 11.9 Å². The third-order valence-corrected chi connectivity index (χ3v) is 3.58. The molecule has 1 N–H and O–H groups in total. The van der Waals surface area contributed by atoms with Crippen LogP contribution in [0.5, 0.6) is 0 Å². The lowest BCUT2D eigenvalue weighted by atomic mass is 10.2. The summed E-state index contributed by atoms with van der Waals surface area (Å²) in [5, 5.41) is 11.7. The van der Waals surface area contributed by atoms with Crippen molar-refractivity contribution in [3.05, 3.63) is 66.6 Å². The van der Waals surface area contributed by atoms with Gasteiger partial charge in [0.1, 0.15) is 12.0 Å². The van der Waals surface area contributed by atoms with Gasteiger partial charge in [0, 0.05) is 5.39 Å². The zero-order valence-electron chi connectivity index (χ0n) is 12.6. The zero-order valence-corrected chi connectivity index (χ0v) is 12.6. The first kappa shape index (κ1) is 14.1. The van der Waals surface area contributed by atoms with Gasteiger partial charge in [-0.3, -0.25) is 10.1 Å². The van der Waals surface area contributed by atoms with E-state index >= 15 is 0 Å². The predicted octanol–water partition coefficient (Wildman–Crippen LogP) is 2.59. The SMILES string of the molecule is O=C(Cc1noc2ccccc12)Nc1ncnn1-c1ccccc1. The van der Waals surface area contributed by atoms with Gasteiger partial charge < -0.3 is 4.52 Å². The van der Waals surface area contributed by atoms with Crippen molar-refractivity contribution in [3.63, 3.8) is 0 Å². The summed E-state index contributed by atoms with van der Waals surface area (Å²) in [5.41, 5.74) is 2.07. The smallest absolute Gasteiger partial charge is 0.232 e. The Morgan fingerprint density at radius 3 is 2.75 bits per heavy atom. The molecule has 0 atom stereocenters. The predicted molar refractivity (Wildman–Crippen MR) is 87.7 cm³/mol. The highest BCUT2D eigenvalue weighted by atomic mass is 16.5. The fraction of sp³-hybridized carbons (Fsp3) is 0.0588. The van der Waals surface area contributed by atoms with E-state index in [1.807, 2.05) is 54.6 Å². The summed E-state index contributed by atoms with van der Waals surface area (Å²) in [6.45, 7) is 0. The van der Waals surface area contributed by atoms with Crippen LogP contribution in [0.25, 0.3) is 16.7 Å². The second kappa shape index (κ2) is 5.96. The van der Waals surface area contributed by atoms with Gasteiger partial charge in [-0.2, -0.15) is 14.8 Å². The number of nitrogens with zero attached hydrogens (tertiary/aromatic N) is 4. The van der Waals surface area contributed by atoms with E-state index in [0.29, 0.717) is 17.2 Å². The number of benzene rings is 2. The molecule has 0 aliphatic rings. The molecule has 7 nitrogen and oxygen atoms in total. The summed E-state index contributed by atoms with van der Waals surface area (Å²) in [6, 6.07) is 16.9. The van der Waals surface area contributed by atoms with E-state index in [0.717, 1.165) is 11.1 Å². The van der Waals surface area contributed by atoms with Crippen molar-refractivity contribution in [2.24, 2.45) is 0 Å². The van der Waals surface area contributed by atoms with Crippen molar-refractivity contribution in [1.82, 2.24) is 19.9 Å². The Hall–Kier alpha value is -3.48. The Morgan fingerprint density at radius 1 is 1.08 bits per heavy atom. The number of aromatic nitrogens is 4. The summed E-state index contributed by atoms with van der Waals surface area (Å²) in [7, 11) is 0. The maximum atomic E-state index is 12.3. The monoisotopic (exact) mass is 319 g/mol. The third-order valence-electron chi connectivity index (χ3n) is 3.58. The molecule has 0 aliphatic heterocycles. The summed E-state index contributed by atoms with van der Waals surface area (Å²) in [4.78, 5) is 16.4. The first-order valence-electron chi connectivity index (χ1n) is 7.40. The lowest BCUT2D eigenvalue weighted by Gasteiger charge is -2.06. The number of rotatable bonds is 4. The third kappa shape index (κ3) is 2.63. The van der Waals surface area contributed by atoms with Crippen molar-refractivity contribution in [2.45, 2.75) is 6.42 Å². The number of para-hydroxylation sites is 2. The number of fused-ring (bicyclic) bond motifs is 1. The van der Waals surface area contributed by atoms with Crippen LogP contribution < -0.4 is 5.32 Å². The molecular formula is C17H13N5O2. The van der Waals surface area contributed by atoms with Crippen LogP contribution in [0.3, 0.4) is 0 Å². The van der Waals surface area contributed by atoms with Crippen LogP contribution >= 0.6 is 0 Å². The van der Waals surface area contributed by atoms with E-state index in [9.17, 15) is 4.79 Å². The minimum absolute atomic E-state index is 0.0959. The quantitative estimate of drug-likeness (QED) is 0.625. The van der Waals surface area contributed by atoms with Crippen LogP contribution in [0, 0.1) is 0 Å². The molecule has 7 heteroatoms. The van der Waals surface area contributed by atoms with Gasteiger partial charge in [0.05, 0.1) is 12.1 Å². The molecule has 2 aromatic carbocycles. The Kier molecular flexibility index (Phi) is 3.51. The molecule has 0 aliphatic carbocycles. The molecule has 0 fully saturated rings. The largest absolute Gasteiger partial charge is 0.356 e. The first-order chi connectivity index (χ1) is 11.8. The summed E-state index contributed by atoms with van der Waals surface area (Å²) in [6.07, 6.45) is 1.49. The van der Waals surface area contributed by atoms with Gasteiger partial charge in [0.25, 0.3) is 0 Å². The Bertz CT molecular complexity index is 990. The molecular weight excluding hydrogens is 306 g/mol. The first-order valence-corrected chi connectivity index (χ1v) is 7.40. The second-order valence-corrected chi connectivity index (χ2v) is 5.18. The molecule has 4 rings (SSSR count). The van der Waals surface area contributed by atoms with Gasteiger partial charge in [0.15, 0.2) is 5.58 Å². The standard InChI is InChI=1S/C17H13N5O2/c23-16(10-14-13-8-4-5-9-15(13)24-21-14)20-17-18-11-19-22(17)12-6-2-1-3-7-12/h1-9,11H,10H2,(H,18,19,20,23). The molecule has 24 heavy (non-hydrogen) atoms. The van der Waals surface area contributed by atoms with E-state index in [1.54, 1.807) is 4.68 Å². The van der Waals surface area contributed by atoms with E-state index in [1.165, 1.54) is 6.33 Å². The van der Waals surface area contributed by atoms with Gasteiger partial charge in [-0.25, -0.2) is 0 Å². The van der Waals surface area contributed by atoms with Crippen LogP contribution in [0.1, 0.15) is 5.69 Å². The van der Waals surface area contributed by atoms with Crippen LogP contribution in [0.15, 0.2) is 65.4 Å². The number of carbonyl (C=O) groups is 1. The average Bonchev–Trinajstić information content (AvgIpc) is 3.23. The van der Waals surface area contributed by atoms with Crippen LogP contribution in [-0.4, -0.2) is 25.8 Å². The van der Waals surface area contributed by atoms with Gasteiger partial charge >= 0.3 is 0 Å². The number of hydrogen-bond acceptors (Lipinski definition) is 5. The minimum atomic E-state index is -0.237. The van der Waals surface area contributed by atoms with Crippen LogP contribution in [0.4, 0.5) is 5.95 Å². The van der Waals surface area contributed by atoms with Crippen LogP contribution in [0.2, 0.25) is 0 Å². The highest BCUT2D eigenvalue weighted by molar-refractivity contribution is 5.93. The van der Waals surface area contributed by atoms with Gasteiger partial charge in [-0.05, 0) is 24.3 Å². The molecule has 0 bridgehead atoms. The lowest BCUT2D eigenvalue weighted by molar-refractivity contribution is -0.115. The summed E-state index contributed by atoms with van der Waals surface area (Å²) < 4.78 is 6.78. The Labute approximate surface area is 136 Å². The molecule has 0 unspecified atom stereocenters. The van der Waals surface area contributed by atoms with Crippen molar-refractivity contribution < 1.29 is 9.32 Å². The fourth-order valence-electron chi connectivity index (χ4n) is 2.47. The molecule has 4 aromatic rings.